The summed E-state index contributed by atoms with van der Waals surface area (Å²) in [5.74, 6) is 0.0553. The molecule has 1 heterocycles. The summed E-state index contributed by atoms with van der Waals surface area (Å²) in [6, 6.07) is 14.6. The first kappa shape index (κ1) is 18.3. The fraction of sp³-hybridized carbons (Fsp3) is 0.300. The predicted octanol–water partition coefficient (Wildman–Crippen LogP) is 2.84. The van der Waals surface area contributed by atoms with E-state index >= 15 is 0 Å². The Balaban J connectivity index is 1.51. The Kier molecular flexibility index (Phi) is 5.78. The summed E-state index contributed by atoms with van der Waals surface area (Å²) < 4.78 is 0. The lowest BCUT2D eigenvalue weighted by molar-refractivity contribution is -0.132. The molecule has 6 heteroatoms. The van der Waals surface area contributed by atoms with E-state index < -0.39 is 0 Å². The molecule has 2 N–H and O–H groups in total. The zero-order valence-electron chi connectivity index (χ0n) is 14.5. The van der Waals surface area contributed by atoms with Crippen LogP contribution >= 0.6 is 11.6 Å². The third-order valence-electron chi connectivity index (χ3n) is 4.65. The van der Waals surface area contributed by atoms with Gasteiger partial charge in [0.1, 0.15) is 0 Å². The number of carbonyl (C=O) groups is 2. The number of hydrogen-bond donors (Lipinski definition) is 1. The summed E-state index contributed by atoms with van der Waals surface area (Å²) in [4.78, 5) is 28.6. The minimum Gasteiger partial charge on any atom is -0.399 e. The van der Waals surface area contributed by atoms with Crippen molar-refractivity contribution in [2.24, 2.45) is 0 Å². The second-order valence-electron chi connectivity index (χ2n) is 6.38. The van der Waals surface area contributed by atoms with Gasteiger partial charge in [0.05, 0.1) is 0 Å². The Bertz CT molecular complexity index is 801. The van der Waals surface area contributed by atoms with Crippen LogP contribution in [-0.2, 0) is 11.2 Å². The van der Waals surface area contributed by atoms with E-state index in [0.29, 0.717) is 49.6 Å². The Morgan fingerprint density at radius 1 is 0.962 bits per heavy atom. The summed E-state index contributed by atoms with van der Waals surface area (Å²) in [7, 11) is 0. The fourth-order valence-electron chi connectivity index (χ4n) is 3.12. The minimum absolute atomic E-state index is 0.0448. The van der Waals surface area contributed by atoms with Crippen LogP contribution < -0.4 is 5.73 Å². The number of nitrogens with two attached hydrogens (primary N) is 1. The van der Waals surface area contributed by atoms with Gasteiger partial charge in [0, 0.05) is 48.9 Å². The molecule has 0 atom stereocenters. The molecule has 1 aliphatic rings. The van der Waals surface area contributed by atoms with Crippen LogP contribution in [0.25, 0.3) is 0 Å². The number of rotatable bonds is 4. The van der Waals surface area contributed by atoms with Crippen molar-refractivity contribution < 1.29 is 9.59 Å². The molecular formula is C20H22ClN3O2. The summed E-state index contributed by atoms with van der Waals surface area (Å²) in [6.45, 7) is 2.17. The third-order valence-corrected chi connectivity index (χ3v) is 4.89. The Hall–Kier alpha value is -2.53. The van der Waals surface area contributed by atoms with E-state index in [1.165, 1.54) is 0 Å². The van der Waals surface area contributed by atoms with Gasteiger partial charge in [-0.05, 0) is 36.2 Å². The minimum atomic E-state index is -0.0448. The van der Waals surface area contributed by atoms with Crippen LogP contribution in [0.3, 0.4) is 0 Å². The molecule has 26 heavy (non-hydrogen) atoms. The zero-order chi connectivity index (χ0) is 18.5. The van der Waals surface area contributed by atoms with Crippen molar-refractivity contribution in [3.05, 3.63) is 64.7 Å². The number of nitrogen functional groups attached to an aromatic ring is 1. The van der Waals surface area contributed by atoms with Gasteiger partial charge in [0.25, 0.3) is 5.91 Å². The molecule has 3 rings (SSSR count). The van der Waals surface area contributed by atoms with Gasteiger partial charge in [-0.1, -0.05) is 35.9 Å². The zero-order valence-corrected chi connectivity index (χ0v) is 15.3. The molecule has 0 aromatic heterocycles. The first-order valence-corrected chi connectivity index (χ1v) is 9.08. The maximum absolute atomic E-state index is 12.5. The number of aryl methyl sites for hydroxylation is 1. The van der Waals surface area contributed by atoms with Crippen molar-refractivity contribution in [3.8, 4) is 0 Å². The van der Waals surface area contributed by atoms with Gasteiger partial charge in [-0.25, -0.2) is 0 Å². The van der Waals surface area contributed by atoms with Crippen LogP contribution in [0, 0.1) is 0 Å². The van der Waals surface area contributed by atoms with Crippen LogP contribution in [0.15, 0.2) is 48.5 Å². The van der Waals surface area contributed by atoms with Crippen LogP contribution in [-0.4, -0.2) is 47.8 Å². The molecule has 0 saturated carbocycles. The predicted molar refractivity (Wildman–Crippen MR) is 103 cm³/mol. The largest absolute Gasteiger partial charge is 0.399 e. The highest BCUT2D eigenvalue weighted by Gasteiger charge is 2.24. The summed E-state index contributed by atoms with van der Waals surface area (Å²) in [6.07, 6.45) is 1.06. The molecule has 2 aromatic carbocycles. The summed E-state index contributed by atoms with van der Waals surface area (Å²) in [5, 5.41) is 0.546. The third kappa shape index (κ3) is 4.35. The van der Waals surface area contributed by atoms with Crippen molar-refractivity contribution in [2.45, 2.75) is 12.8 Å². The average molecular weight is 372 g/mol. The van der Waals surface area contributed by atoms with Gasteiger partial charge in [0.15, 0.2) is 0 Å². The number of carbonyl (C=O) groups excluding carboxylic acids is 2. The molecule has 0 spiro atoms. The first-order valence-electron chi connectivity index (χ1n) is 8.70. The van der Waals surface area contributed by atoms with E-state index in [0.717, 1.165) is 11.3 Å². The summed E-state index contributed by atoms with van der Waals surface area (Å²) >= 11 is 5.96. The molecule has 0 aliphatic carbocycles. The monoisotopic (exact) mass is 371 g/mol. The highest BCUT2D eigenvalue weighted by atomic mass is 35.5. The fourth-order valence-corrected chi connectivity index (χ4v) is 3.31. The smallest absolute Gasteiger partial charge is 0.254 e. The molecule has 1 fully saturated rings. The Labute approximate surface area is 158 Å². The van der Waals surface area contributed by atoms with Crippen molar-refractivity contribution in [1.82, 2.24) is 9.80 Å². The second-order valence-corrected chi connectivity index (χ2v) is 6.82. The first-order chi connectivity index (χ1) is 12.5. The molecule has 2 aromatic rings. The molecule has 0 bridgehead atoms. The number of amides is 2. The normalized spacial score (nSPS) is 14.3. The number of anilines is 1. The van der Waals surface area contributed by atoms with Crippen LogP contribution in [0.1, 0.15) is 22.3 Å². The van der Waals surface area contributed by atoms with Crippen LogP contribution in [0.5, 0.6) is 0 Å². The van der Waals surface area contributed by atoms with E-state index in [-0.39, 0.29) is 11.8 Å². The number of para-hydroxylation sites is 1. The molecule has 1 aliphatic heterocycles. The number of nitrogens with zero attached hydrogens (tertiary/aromatic N) is 2. The standard InChI is InChI=1S/C20H22ClN3O2/c21-17-6-3-5-16(14-17)20(26)24-12-10-23(11-13-24)19(25)9-8-15-4-1-2-7-18(15)22/h1-7,14H,8-13,22H2. The lowest BCUT2D eigenvalue weighted by Crippen LogP contribution is -2.50. The van der Waals surface area contributed by atoms with Crippen LogP contribution in [0.4, 0.5) is 5.69 Å². The Morgan fingerprint density at radius 3 is 2.35 bits per heavy atom. The summed E-state index contributed by atoms with van der Waals surface area (Å²) in [5.41, 5.74) is 8.22. The van der Waals surface area contributed by atoms with Crippen LogP contribution in [0.2, 0.25) is 5.02 Å². The lowest BCUT2D eigenvalue weighted by atomic mass is 10.1. The number of benzene rings is 2. The molecule has 2 amide bonds. The molecule has 0 radical (unpaired) electrons. The van der Waals surface area contributed by atoms with E-state index in [4.69, 9.17) is 17.3 Å². The molecule has 136 valence electrons. The number of piperazine rings is 1. The average Bonchev–Trinajstić information content (AvgIpc) is 2.66. The van der Waals surface area contributed by atoms with Gasteiger partial charge in [0.2, 0.25) is 5.91 Å². The van der Waals surface area contributed by atoms with E-state index in [2.05, 4.69) is 0 Å². The SMILES string of the molecule is Nc1ccccc1CCC(=O)N1CCN(C(=O)c2cccc(Cl)c2)CC1. The highest BCUT2D eigenvalue weighted by molar-refractivity contribution is 6.30. The van der Waals surface area contributed by atoms with Gasteiger partial charge in [-0.3, -0.25) is 9.59 Å². The Morgan fingerprint density at radius 2 is 1.65 bits per heavy atom. The second kappa shape index (κ2) is 8.23. The van der Waals surface area contributed by atoms with Gasteiger partial charge >= 0.3 is 0 Å². The number of halogens is 1. The quantitative estimate of drug-likeness (QED) is 0.840. The molecule has 5 nitrogen and oxygen atoms in total. The van der Waals surface area contributed by atoms with Gasteiger partial charge < -0.3 is 15.5 Å². The molecular weight excluding hydrogens is 350 g/mol. The van der Waals surface area contributed by atoms with E-state index in [1.807, 2.05) is 29.2 Å². The van der Waals surface area contributed by atoms with Crippen molar-refractivity contribution in [3.63, 3.8) is 0 Å². The van der Waals surface area contributed by atoms with Crippen molar-refractivity contribution in [1.29, 1.82) is 0 Å². The van der Waals surface area contributed by atoms with Crippen molar-refractivity contribution in [2.75, 3.05) is 31.9 Å². The lowest BCUT2D eigenvalue weighted by Gasteiger charge is -2.35. The number of hydrogen-bond acceptors (Lipinski definition) is 3. The van der Waals surface area contributed by atoms with Gasteiger partial charge in [-0.15, -0.1) is 0 Å². The van der Waals surface area contributed by atoms with Gasteiger partial charge in [-0.2, -0.15) is 0 Å². The molecule has 0 unspecified atom stereocenters. The van der Waals surface area contributed by atoms with E-state index in [9.17, 15) is 9.59 Å². The highest BCUT2D eigenvalue weighted by Crippen LogP contribution is 2.16. The molecule has 1 saturated heterocycles. The van der Waals surface area contributed by atoms with E-state index in [1.54, 1.807) is 29.2 Å². The van der Waals surface area contributed by atoms with Crippen molar-refractivity contribution >= 4 is 29.1 Å². The maximum Gasteiger partial charge on any atom is 0.254 e. The topological polar surface area (TPSA) is 66.6 Å². The maximum atomic E-state index is 12.5.